The van der Waals surface area contributed by atoms with E-state index in [9.17, 15) is 9.59 Å². The third kappa shape index (κ3) is 6.89. The Kier molecular flexibility index (Phi) is 9.62. The minimum Gasteiger partial charge on any atom is -0.497 e. The second kappa shape index (κ2) is 12.9. The van der Waals surface area contributed by atoms with E-state index in [4.69, 9.17) is 14.2 Å². The molecule has 2 aromatic carbocycles. The number of hydrogen-bond acceptors (Lipinski definition) is 5. The molecule has 7 heteroatoms. The zero-order valence-corrected chi connectivity index (χ0v) is 20.4. The summed E-state index contributed by atoms with van der Waals surface area (Å²) in [7, 11) is 3.16. The van der Waals surface area contributed by atoms with Gasteiger partial charge in [0.15, 0.2) is 18.1 Å². The van der Waals surface area contributed by atoms with Gasteiger partial charge >= 0.3 is 0 Å². The predicted molar refractivity (Wildman–Crippen MR) is 131 cm³/mol. The molecule has 2 aromatic rings. The number of carbonyl (C=O) groups is 2. The van der Waals surface area contributed by atoms with Crippen LogP contribution in [0.25, 0.3) is 0 Å². The van der Waals surface area contributed by atoms with Crippen molar-refractivity contribution in [2.75, 3.05) is 20.8 Å². The van der Waals surface area contributed by atoms with Crippen LogP contribution >= 0.6 is 0 Å². The molecule has 0 bridgehead atoms. The lowest BCUT2D eigenvalue weighted by Gasteiger charge is -2.32. The quantitative estimate of drug-likeness (QED) is 0.531. The monoisotopic (exact) mass is 468 g/mol. The van der Waals surface area contributed by atoms with Gasteiger partial charge in [0.1, 0.15) is 11.8 Å². The van der Waals surface area contributed by atoms with Gasteiger partial charge in [0.05, 0.1) is 14.2 Å². The fourth-order valence-corrected chi connectivity index (χ4v) is 4.39. The van der Waals surface area contributed by atoms with Crippen molar-refractivity contribution in [3.05, 3.63) is 54.1 Å². The van der Waals surface area contributed by atoms with Crippen molar-refractivity contribution >= 4 is 11.8 Å². The number of nitrogens with zero attached hydrogens (tertiary/aromatic N) is 1. The highest BCUT2D eigenvalue weighted by Crippen LogP contribution is 2.26. The molecule has 1 aliphatic carbocycles. The van der Waals surface area contributed by atoms with E-state index in [1.54, 1.807) is 31.3 Å². The van der Waals surface area contributed by atoms with Crippen LogP contribution in [0, 0.1) is 0 Å². The summed E-state index contributed by atoms with van der Waals surface area (Å²) in [5.41, 5.74) is 0.883. The number of ether oxygens (including phenoxy) is 3. The maximum absolute atomic E-state index is 13.4. The highest BCUT2D eigenvalue weighted by atomic mass is 16.5. The van der Waals surface area contributed by atoms with Gasteiger partial charge in [0.25, 0.3) is 5.91 Å². The number of methoxy groups -OCH3 is 2. The molecule has 1 saturated carbocycles. The van der Waals surface area contributed by atoms with E-state index in [2.05, 4.69) is 5.32 Å². The molecule has 0 unspecified atom stereocenters. The number of para-hydroxylation sites is 2. The Hall–Kier alpha value is -3.22. The third-order valence-corrected chi connectivity index (χ3v) is 6.24. The van der Waals surface area contributed by atoms with Gasteiger partial charge in [-0.05, 0) is 49.1 Å². The molecule has 0 aromatic heterocycles. The van der Waals surface area contributed by atoms with Crippen LogP contribution in [0.4, 0.5) is 0 Å². The Morgan fingerprint density at radius 2 is 1.74 bits per heavy atom. The zero-order chi connectivity index (χ0) is 24.3. The van der Waals surface area contributed by atoms with Gasteiger partial charge in [-0.25, -0.2) is 0 Å². The van der Waals surface area contributed by atoms with E-state index >= 15 is 0 Å². The van der Waals surface area contributed by atoms with Crippen LogP contribution in [0.15, 0.2) is 48.5 Å². The zero-order valence-electron chi connectivity index (χ0n) is 20.4. The first-order chi connectivity index (χ1) is 16.5. The Labute approximate surface area is 202 Å². The molecular weight excluding hydrogens is 432 g/mol. The first-order valence-corrected chi connectivity index (χ1v) is 12.0. The van der Waals surface area contributed by atoms with Gasteiger partial charge in [0.2, 0.25) is 5.91 Å². The Morgan fingerprint density at radius 1 is 1.00 bits per heavy atom. The van der Waals surface area contributed by atoms with Crippen molar-refractivity contribution in [1.29, 1.82) is 0 Å². The summed E-state index contributed by atoms with van der Waals surface area (Å²) in [4.78, 5) is 28.3. The number of nitrogens with one attached hydrogen (secondary N) is 1. The summed E-state index contributed by atoms with van der Waals surface area (Å²) in [5, 5.41) is 3.19. The van der Waals surface area contributed by atoms with Gasteiger partial charge in [-0.15, -0.1) is 0 Å². The normalized spacial score (nSPS) is 14.7. The highest BCUT2D eigenvalue weighted by Gasteiger charge is 2.30. The Balaban J connectivity index is 1.78. The smallest absolute Gasteiger partial charge is 0.261 e. The fraction of sp³-hybridized carbons (Fsp3) is 0.481. The summed E-state index contributed by atoms with van der Waals surface area (Å²) in [5.74, 6) is 1.37. The molecule has 0 heterocycles. The number of hydrogen-bond donors (Lipinski definition) is 1. The van der Waals surface area contributed by atoms with E-state index < -0.39 is 6.04 Å². The second-order valence-electron chi connectivity index (χ2n) is 8.58. The lowest BCUT2D eigenvalue weighted by atomic mass is 9.95. The van der Waals surface area contributed by atoms with Crippen molar-refractivity contribution in [3.63, 3.8) is 0 Å². The van der Waals surface area contributed by atoms with E-state index in [0.717, 1.165) is 31.2 Å². The highest BCUT2D eigenvalue weighted by molar-refractivity contribution is 5.88. The van der Waals surface area contributed by atoms with Crippen LogP contribution in [0.3, 0.4) is 0 Å². The molecule has 1 fully saturated rings. The summed E-state index contributed by atoms with van der Waals surface area (Å²) < 4.78 is 16.5. The largest absolute Gasteiger partial charge is 0.497 e. The van der Waals surface area contributed by atoms with Gasteiger partial charge in [-0.1, -0.05) is 50.5 Å². The van der Waals surface area contributed by atoms with Crippen LogP contribution in [0.5, 0.6) is 17.2 Å². The Morgan fingerprint density at radius 3 is 2.41 bits per heavy atom. The van der Waals surface area contributed by atoms with Crippen molar-refractivity contribution in [2.24, 2.45) is 0 Å². The van der Waals surface area contributed by atoms with E-state index in [1.165, 1.54) is 6.42 Å². The number of benzene rings is 2. The maximum Gasteiger partial charge on any atom is 0.261 e. The molecule has 0 radical (unpaired) electrons. The van der Waals surface area contributed by atoms with Crippen molar-refractivity contribution in [3.8, 4) is 17.2 Å². The first kappa shape index (κ1) is 25.4. The van der Waals surface area contributed by atoms with Gasteiger partial charge in [0, 0.05) is 12.6 Å². The van der Waals surface area contributed by atoms with E-state index in [1.807, 2.05) is 43.3 Å². The molecule has 0 spiro atoms. The summed E-state index contributed by atoms with van der Waals surface area (Å²) in [6, 6.07) is 14.3. The van der Waals surface area contributed by atoms with Crippen LogP contribution in [0.2, 0.25) is 0 Å². The number of amides is 2. The standard InChI is InChI=1S/C27H36N2O5/c1-4-23(27(31)28-21-12-6-5-7-13-21)29(18-20-11-10-14-22(17-20)32-2)26(30)19-34-25-16-9-8-15-24(25)33-3/h8-11,14-17,21,23H,4-7,12-13,18-19H2,1-3H3,(H,28,31)/t23-/m0/s1. The molecule has 0 aliphatic heterocycles. The van der Waals surface area contributed by atoms with Gasteiger partial charge < -0.3 is 24.4 Å². The van der Waals surface area contributed by atoms with Gasteiger partial charge in [-0.3, -0.25) is 9.59 Å². The van der Waals surface area contributed by atoms with Crippen LogP contribution in [0.1, 0.15) is 51.0 Å². The molecule has 34 heavy (non-hydrogen) atoms. The molecular formula is C27H36N2O5. The van der Waals surface area contributed by atoms with Crippen molar-refractivity contribution in [1.82, 2.24) is 10.2 Å². The topological polar surface area (TPSA) is 77.1 Å². The predicted octanol–water partition coefficient (Wildman–Crippen LogP) is 4.34. The number of rotatable bonds is 11. The molecule has 184 valence electrons. The first-order valence-electron chi connectivity index (χ1n) is 12.0. The van der Waals surface area contributed by atoms with Crippen LogP contribution in [-0.2, 0) is 16.1 Å². The second-order valence-corrected chi connectivity index (χ2v) is 8.58. The minimum absolute atomic E-state index is 0.108. The van der Waals surface area contributed by atoms with Gasteiger partial charge in [-0.2, -0.15) is 0 Å². The van der Waals surface area contributed by atoms with Crippen LogP contribution < -0.4 is 19.5 Å². The lowest BCUT2D eigenvalue weighted by Crippen LogP contribution is -2.52. The maximum atomic E-state index is 13.4. The fourth-order valence-electron chi connectivity index (χ4n) is 4.39. The van der Waals surface area contributed by atoms with E-state index in [-0.39, 0.29) is 31.0 Å². The summed E-state index contributed by atoms with van der Waals surface area (Å²) in [6.45, 7) is 2.01. The lowest BCUT2D eigenvalue weighted by molar-refractivity contribution is -0.143. The summed E-state index contributed by atoms with van der Waals surface area (Å²) >= 11 is 0. The molecule has 0 saturated heterocycles. The molecule has 2 amide bonds. The molecule has 7 nitrogen and oxygen atoms in total. The SMILES string of the molecule is CC[C@@H](C(=O)NC1CCCCC1)N(Cc1cccc(OC)c1)C(=O)COc1ccccc1OC. The third-order valence-electron chi connectivity index (χ3n) is 6.24. The molecule has 1 N–H and O–H groups in total. The average Bonchev–Trinajstić information content (AvgIpc) is 2.88. The Bertz CT molecular complexity index is 942. The molecule has 1 aliphatic rings. The van der Waals surface area contributed by atoms with Crippen molar-refractivity contribution < 1.29 is 23.8 Å². The van der Waals surface area contributed by atoms with Crippen LogP contribution in [-0.4, -0.2) is 49.6 Å². The summed E-state index contributed by atoms with van der Waals surface area (Å²) in [6.07, 6.45) is 5.95. The molecule has 1 atom stereocenters. The minimum atomic E-state index is -0.595. The van der Waals surface area contributed by atoms with E-state index in [0.29, 0.717) is 23.7 Å². The molecule has 3 rings (SSSR count). The number of carbonyl (C=O) groups excluding carboxylic acids is 2. The average molecular weight is 469 g/mol. The van der Waals surface area contributed by atoms with Crippen molar-refractivity contribution in [2.45, 2.75) is 64.1 Å².